The number of nitrogens with one attached hydrogen (secondary N) is 2. The number of rotatable bonds is 11. The fourth-order valence-electron chi connectivity index (χ4n) is 4.27. The molecule has 3 N–H and O–H groups in total. The molecule has 2 atom stereocenters. The number of hydrogen-bond donors (Lipinski definition) is 3. The van der Waals surface area contributed by atoms with Crippen LogP contribution in [0.5, 0.6) is 11.5 Å². The van der Waals surface area contributed by atoms with Crippen LogP contribution in [0.1, 0.15) is 29.5 Å². The molecule has 4 rings (SSSR count). The largest absolute Gasteiger partial charge is 0.491 e. The van der Waals surface area contributed by atoms with Crippen molar-refractivity contribution >= 4 is 5.91 Å². The van der Waals surface area contributed by atoms with E-state index < -0.39 is 6.10 Å². The van der Waals surface area contributed by atoms with Gasteiger partial charge in [0.2, 0.25) is 0 Å². The third-order valence-corrected chi connectivity index (χ3v) is 6.17. The number of carbonyl (C=O) groups excluding carboxylic acids is 1. The Morgan fingerprint density at radius 2 is 1.71 bits per heavy atom. The van der Waals surface area contributed by atoms with E-state index in [0.29, 0.717) is 18.8 Å². The predicted molar refractivity (Wildman–Crippen MR) is 137 cm³/mol. The Labute approximate surface area is 207 Å². The van der Waals surface area contributed by atoms with Crippen LogP contribution in [0.2, 0.25) is 0 Å². The first-order valence-corrected chi connectivity index (χ1v) is 12.3. The summed E-state index contributed by atoms with van der Waals surface area (Å²) in [5.74, 6) is 1.32. The van der Waals surface area contributed by atoms with E-state index in [0.717, 1.165) is 37.0 Å². The Hall–Kier alpha value is -3.35. The molecule has 0 radical (unpaired) electrons. The van der Waals surface area contributed by atoms with Crippen LogP contribution in [-0.2, 0) is 24.2 Å². The molecule has 6 heteroatoms. The maximum atomic E-state index is 12.2. The van der Waals surface area contributed by atoms with Crippen molar-refractivity contribution in [2.45, 2.75) is 44.4 Å². The number of ether oxygens (including phenoxy) is 2. The molecule has 1 aliphatic carbocycles. The van der Waals surface area contributed by atoms with Crippen molar-refractivity contribution in [3.05, 3.63) is 95.6 Å². The minimum absolute atomic E-state index is 0.0130. The van der Waals surface area contributed by atoms with Crippen LogP contribution in [0, 0.1) is 0 Å². The van der Waals surface area contributed by atoms with E-state index in [1.807, 2.05) is 66.7 Å². The minimum Gasteiger partial charge on any atom is -0.491 e. The van der Waals surface area contributed by atoms with Crippen molar-refractivity contribution in [1.82, 2.24) is 10.6 Å². The molecule has 3 aromatic carbocycles. The minimum atomic E-state index is -0.581. The Kier molecular flexibility index (Phi) is 9.15. The highest BCUT2D eigenvalue weighted by atomic mass is 16.5. The van der Waals surface area contributed by atoms with Gasteiger partial charge in [-0.3, -0.25) is 4.79 Å². The van der Waals surface area contributed by atoms with Gasteiger partial charge >= 0.3 is 0 Å². The summed E-state index contributed by atoms with van der Waals surface area (Å²) in [5.41, 5.74) is 3.61. The molecule has 0 aliphatic heterocycles. The van der Waals surface area contributed by atoms with Gasteiger partial charge in [0.25, 0.3) is 5.91 Å². The quantitative estimate of drug-likeness (QED) is 0.370. The van der Waals surface area contributed by atoms with Gasteiger partial charge < -0.3 is 25.2 Å². The molecule has 3 aromatic rings. The van der Waals surface area contributed by atoms with Crippen molar-refractivity contribution in [3.8, 4) is 11.5 Å². The smallest absolute Gasteiger partial charge is 0.258 e. The van der Waals surface area contributed by atoms with Crippen molar-refractivity contribution in [2.75, 3.05) is 19.8 Å². The number of amides is 1. The highest BCUT2D eigenvalue weighted by Crippen LogP contribution is 2.25. The second kappa shape index (κ2) is 12.9. The summed E-state index contributed by atoms with van der Waals surface area (Å²) in [4.78, 5) is 12.2. The average molecular weight is 475 g/mol. The highest BCUT2D eigenvalue weighted by molar-refractivity contribution is 5.77. The number of hydrogen-bond acceptors (Lipinski definition) is 5. The van der Waals surface area contributed by atoms with Gasteiger partial charge in [-0.2, -0.15) is 0 Å². The number of fused-ring (bicyclic) bond motifs is 1. The first kappa shape index (κ1) is 24.8. The average Bonchev–Trinajstić information content (AvgIpc) is 3.11. The summed E-state index contributed by atoms with van der Waals surface area (Å²) in [5, 5.41) is 16.7. The van der Waals surface area contributed by atoms with E-state index in [1.54, 1.807) is 0 Å². The summed E-state index contributed by atoms with van der Waals surface area (Å²) >= 11 is 0. The Bertz CT molecular complexity index is 1060. The zero-order valence-corrected chi connectivity index (χ0v) is 20.0. The molecule has 0 bridgehead atoms. The van der Waals surface area contributed by atoms with E-state index in [2.05, 4.69) is 22.8 Å². The number of aliphatic hydroxyl groups excluding tert-OH is 1. The molecule has 0 saturated heterocycles. The van der Waals surface area contributed by atoms with Crippen LogP contribution in [0.15, 0.2) is 78.9 Å². The van der Waals surface area contributed by atoms with Gasteiger partial charge in [-0.1, -0.05) is 54.6 Å². The topological polar surface area (TPSA) is 79.8 Å². The first-order valence-electron chi connectivity index (χ1n) is 12.3. The van der Waals surface area contributed by atoms with Crippen LogP contribution in [0.4, 0.5) is 0 Å². The molecule has 1 unspecified atom stereocenters. The molecule has 0 spiro atoms. The van der Waals surface area contributed by atoms with Gasteiger partial charge in [0, 0.05) is 19.1 Å². The summed E-state index contributed by atoms with van der Waals surface area (Å²) in [7, 11) is 0. The van der Waals surface area contributed by atoms with Crippen LogP contribution in [0.25, 0.3) is 0 Å². The van der Waals surface area contributed by atoms with E-state index >= 15 is 0 Å². The molecule has 6 nitrogen and oxygen atoms in total. The normalized spacial score (nSPS) is 16.0. The molecule has 0 saturated carbocycles. The van der Waals surface area contributed by atoms with Crippen molar-refractivity contribution in [2.24, 2.45) is 0 Å². The number of carbonyl (C=O) groups is 1. The lowest BCUT2D eigenvalue weighted by molar-refractivity contribution is -0.123. The molecular weight excluding hydrogens is 440 g/mol. The number of aliphatic hydroxyl groups is 1. The third kappa shape index (κ3) is 8.12. The second-order valence-corrected chi connectivity index (χ2v) is 8.96. The lowest BCUT2D eigenvalue weighted by atomic mass is 10.0. The van der Waals surface area contributed by atoms with Crippen molar-refractivity contribution in [3.63, 3.8) is 0 Å². The van der Waals surface area contributed by atoms with Gasteiger partial charge in [-0.05, 0) is 66.6 Å². The summed E-state index contributed by atoms with van der Waals surface area (Å²) in [6.07, 6.45) is 3.42. The summed E-state index contributed by atoms with van der Waals surface area (Å²) < 4.78 is 11.4. The van der Waals surface area contributed by atoms with Crippen LogP contribution in [-0.4, -0.2) is 42.9 Å². The Balaban J connectivity index is 1.23. The highest BCUT2D eigenvalue weighted by Gasteiger charge is 2.18. The molecule has 0 heterocycles. The standard InChI is InChI=1S/C29H34N2O4/c32-26(20-34-27-12-5-2-6-13-27)19-30-25-11-7-10-23-14-15-28(17-24(23)16-25)35-21-29(33)31-18-22-8-3-1-4-9-22/h1-6,8-9,12-15,17,25-26,30,32H,7,10-11,16,18-21H2,(H,31,33)/t25?,26-/m0/s1. The monoisotopic (exact) mass is 474 g/mol. The number of aryl methyl sites for hydroxylation is 1. The molecule has 35 heavy (non-hydrogen) atoms. The first-order chi connectivity index (χ1) is 17.2. The summed E-state index contributed by atoms with van der Waals surface area (Å²) in [6, 6.07) is 25.7. The number of para-hydroxylation sites is 1. The maximum absolute atomic E-state index is 12.2. The second-order valence-electron chi connectivity index (χ2n) is 8.96. The molecule has 0 fully saturated rings. The molecular formula is C29H34N2O4. The fourth-order valence-corrected chi connectivity index (χ4v) is 4.27. The Morgan fingerprint density at radius 1 is 0.943 bits per heavy atom. The van der Waals surface area contributed by atoms with Gasteiger partial charge in [0.15, 0.2) is 6.61 Å². The molecule has 1 amide bonds. The zero-order valence-electron chi connectivity index (χ0n) is 20.0. The SMILES string of the molecule is O=C(COc1ccc2c(c1)CC(NC[C@H](O)COc1ccccc1)CCC2)NCc1ccccc1. The fraction of sp³-hybridized carbons (Fsp3) is 0.345. The van der Waals surface area contributed by atoms with E-state index in [4.69, 9.17) is 9.47 Å². The van der Waals surface area contributed by atoms with E-state index in [9.17, 15) is 9.90 Å². The van der Waals surface area contributed by atoms with E-state index in [-0.39, 0.29) is 25.2 Å². The zero-order chi connectivity index (χ0) is 24.3. The van der Waals surface area contributed by atoms with Crippen LogP contribution in [0.3, 0.4) is 0 Å². The lowest BCUT2D eigenvalue weighted by Gasteiger charge is -2.20. The molecule has 184 valence electrons. The Morgan fingerprint density at radius 3 is 2.51 bits per heavy atom. The third-order valence-electron chi connectivity index (χ3n) is 6.17. The van der Waals surface area contributed by atoms with Gasteiger partial charge in [0.05, 0.1) is 0 Å². The maximum Gasteiger partial charge on any atom is 0.258 e. The number of benzene rings is 3. The van der Waals surface area contributed by atoms with Gasteiger partial charge in [0.1, 0.15) is 24.2 Å². The summed E-state index contributed by atoms with van der Waals surface area (Å²) in [6.45, 7) is 1.21. The lowest BCUT2D eigenvalue weighted by Crippen LogP contribution is -2.39. The van der Waals surface area contributed by atoms with Crippen molar-refractivity contribution < 1.29 is 19.4 Å². The van der Waals surface area contributed by atoms with Crippen LogP contribution >= 0.6 is 0 Å². The van der Waals surface area contributed by atoms with Gasteiger partial charge in [-0.25, -0.2) is 0 Å². The molecule has 1 aliphatic rings. The van der Waals surface area contributed by atoms with Crippen LogP contribution < -0.4 is 20.1 Å². The molecule has 0 aromatic heterocycles. The van der Waals surface area contributed by atoms with Crippen molar-refractivity contribution in [1.29, 1.82) is 0 Å². The predicted octanol–water partition coefficient (Wildman–Crippen LogP) is 3.66. The van der Waals surface area contributed by atoms with E-state index in [1.165, 1.54) is 11.1 Å². The van der Waals surface area contributed by atoms with Gasteiger partial charge in [-0.15, -0.1) is 0 Å².